The van der Waals surface area contributed by atoms with E-state index in [9.17, 15) is 14.4 Å². The maximum absolute atomic E-state index is 11.6. The van der Waals surface area contributed by atoms with Gasteiger partial charge in [0.2, 0.25) is 5.91 Å². The van der Waals surface area contributed by atoms with Gasteiger partial charge in [-0.2, -0.15) is 0 Å². The Morgan fingerprint density at radius 2 is 2.09 bits per heavy atom. The van der Waals surface area contributed by atoms with Gasteiger partial charge in [-0.15, -0.1) is 0 Å². The normalized spacial score (nSPS) is 11.5. The Labute approximate surface area is 128 Å². The fourth-order valence-corrected chi connectivity index (χ4v) is 1.71. The smallest absolute Gasteiger partial charge is 0.326 e. The van der Waals surface area contributed by atoms with Crippen LogP contribution in [0, 0.1) is 0 Å². The Morgan fingerprint density at radius 1 is 1.32 bits per heavy atom. The van der Waals surface area contributed by atoms with Crippen LogP contribution in [0.25, 0.3) is 0 Å². The number of rotatable bonds is 9. The predicted molar refractivity (Wildman–Crippen MR) is 78.0 cm³/mol. The van der Waals surface area contributed by atoms with Crippen molar-refractivity contribution in [1.82, 2.24) is 16.0 Å². The van der Waals surface area contributed by atoms with Crippen molar-refractivity contribution in [1.29, 1.82) is 0 Å². The molecule has 8 heteroatoms. The first-order valence-electron chi connectivity index (χ1n) is 7.09. The number of carbonyl (C=O) groups excluding carboxylic acids is 2. The fraction of sp³-hybridized carbons (Fsp3) is 0.500. The van der Waals surface area contributed by atoms with Crippen LogP contribution in [0.5, 0.6) is 0 Å². The minimum absolute atomic E-state index is 0.203. The summed E-state index contributed by atoms with van der Waals surface area (Å²) >= 11 is 0. The van der Waals surface area contributed by atoms with Gasteiger partial charge in [0.1, 0.15) is 11.8 Å². The van der Waals surface area contributed by atoms with Gasteiger partial charge in [-0.1, -0.05) is 19.8 Å². The summed E-state index contributed by atoms with van der Waals surface area (Å²) in [4.78, 5) is 34.1. The Morgan fingerprint density at radius 3 is 2.68 bits per heavy atom. The highest BCUT2D eigenvalue weighted by atomic mass is 16.4. The molecule has 0 unspecified atom stereocenters. The molecule has 1 aromatic heterocycles. The van der Waals surface area contributed by atoms with Crippen LogP contribution >= 0.6 is 0 Å². The van der Waals surface area contributed by atoms with E-state index in [2.05, 4.69) is 16.0 Å². The summed E-state index contributed by atoms with van der Waals surface area (Å²) in [6.07, 6.45) is 3.40. The number of amides is 3. The lowest BCUT2D eigenvalue weighted by molar-refractivity contribution is -0.141. The molecule has 3 amide bonds. The van der Waals surface area contributed by atoms with Crippen LogP contribution in [0.15, 0.2) is 22.8 Å². The summed E-state index contributed by atoms with van der Waals surface area (Å²) in [6.45, 7) is 1.85. The third kappa shape index (κ3) is 6.78. The highest BCUT2D eigenvalue weighted by Crippen LogP contribution is 2.00. The summed E-state index contributed by atoms with van der Waals surface area (Å²) in [6, 6.07) is 1.94. The average Bonchev–Trinajstić information content (AvgIpc) is 3.00. The van der Waals surface area contributed by atoms with E-state index in [0.29, 0.717) is 18.6 Å². The molecule has 0 aliphatic heterocycles. The first kappa shape index (κ1) is 17.5. The molecule has 122 valence electrons. The van der Waals surface area contributed by atoms with Crippen molar-refractivity contribution in [2.75, 3.05) is 6.54 Å². The summed E-state index contributed by atoms with van der Waals surface area (Å²) in [5, 5.41) is 16.2. The molecular formula is C14H21N3O5. The van der Waals surface area contributed by atoms with Gasteiger partial charge in [0.05, 0.1) is 19.4 Å². The van der Waals surface area contributed by atoms with Crippen molar-refractivity contribution in [2.24, 2.45) is 0 Å². The highest BCUT2D eigenvalue weighted by molar-refractivity contribution is 5.87. The topological polar surface area (TPSA) is 121 Å². The molecule has 0 radical (unpaired) electrons. The highest BCUT2D eigenvalue weighted by Gasteiger charge is 2.19. The second-order valence-corrected chi connectivity index (χ2v) is 4.72. The van der Waals surface area contributed by atoms with E-state index in [0.717, 1.165) is 6.42 Å². The zero-order chi connectivity index (χ0) is 16.4. The number of carboxylic acids is 1. The van der Waals surface area contributed by atoms with Gasteiger partial charge in [-0.05, 0) is 18.6 Å². The van der Waals surface area contributed by atoms with Crippen molar-refractivity contribution in [3.8, 4) is 0 Å². The average molecular weight is 311 g/mol. The zero-order valence-electron chi connectivity index (χ0n) is 12.4. The molecule has 0 fully saturated rings. The van der Waals surface area contributed by atoms with Crippen molar-refractivity contribution in [2.45, 2.75) is 38.8 Å². The second kappa shape index (κ2) is 9.43. The van der Waals surface area contributed by atoms with E-state index in [1.54, 1.807) is 12.1 Å². The van der Waals surface area contributed by atoms with Crippen LogP contribution in [-0.4, -0.2) is 35.6 Å². The maximum Gasteiger partial charge on any atom is 0.326 e. The van der Waals surface area contributed by atoms with Crippen LogP contribution in [0.1, 0.15) is 31.9 Å². The predicted octanol–water partition coefficient (Wildman–Crippen LogP) is 0.838. The standard InChI is InChI=1S/C14H21N3O5/c1-2-3-6-11(13(19)20)17-12(18)9-16-14(21)15-8-10-5-4-7-22-10/h4-5,7,11H,2-3,6,8-9H2,1H3,(H,17,18)(H,19,20)(H2,15,16,21)/t11-/m0/s1. The summed E-state index contributed by atoms with van der Waals surface area (Å²) in [5.41, 5.74) is 0. The molecule has 0 bridgehead atoms. The zero-order valence-corrected chi connectivity index (χ0v) is 12.4. The number of hydrogen-bond donors (Lipinski definition) is 4. The molecule has 0 spiro atoms. The molecule has 1 atom stereocenters. The third-order valence-corrected chi connectivity index (χ3v) is 2.89. The molecule has 1 rings (SSSR count). The van der Waals surface area contributed by atoms with E-state index in [1.807, 2.05) is 6.92 Å². The molecule has 0 aliphatic carbocycles. The molecule has 0 aromatic carbocycles. The van der Waals surface area contributed by atoms with Crippen LogP contribution in [-0.2, 0) is 16.1 Å². The van der Waals surface area contributed by atoms with Gasteiger partial charge < -0.3 is 25.5 Å². The Balaban J connectivity index is 2.25. The van der Waals surface area contributed by atoms with Gasteiger partial charge in [0.25, 0.3) is 0 Å². The molecule has 8 nitrogen and oxygen atoms in total. The van der Waals surface area contributed by atoms with E-state index >= 15 is 0 Å². The molecule has 1 heterocycles. The number of furan rings is 1. The number of carboxylic acid groups (broad SMARTS) is 1. The molecule has 1 aromatic rings. The minimum atomic E-state index is -1.08. The second-order valence-electron chi connectivity index (χ2n) is 4.72. The summed E-state index contributed by atoms with van der Waals surface area (Å²) in [7, 11) is 0. The Kier molecular flexibility index (Phi) is 7.52. The van der Waals surface area contributed by atoms with E-state index in [1.165, 1.54) is 6.26 Å². The van der Waals surface area contributed by atoms with Crippen molar-refractivity contribution < 1.29 is 23.9 Å². The molecular weight excluding hydrogens is 290 g/mol. The van der Waals surface area contributed by atoms with Crippen LogP contribution < -0.4 is 16.0 Å². The van der Waals surface area contributed by atoms with E-state index in [-0.39, 0.29) is 13.1 Å². The van der Waals surface area contributed by atoms with Crippen molar-refractivity contribution >= 4 is 17.9 Å². The first-order valence-corrected chi connectivity index (χ1v) is 7.09. The van der Waals surface area contributed by atoms with E-state index in [4.69, 9.17) is 9.52 Å². The lowest BCUT2D eigenvalue weighted by Gasteiger charge is -2.14. The van der Waals surface area contributed by atoms with Gasteiger partial charge in [-0.3, -0.25) is 4.79 Å². The lowest BCUT2D eigenvalue weighted by atomic mass is 10.1. The van der Waals surface area contributed by atoms with Gasteiger partial charge >= 0.3 is 12.0 Å². The summed E-state index contributed by atoms with van der Waals surface area (Å²) in [5.74, 6) is -1.04. The number of aliphatic carboxylic acids is 1. The molecule has 0 aliphatic rings. The third-order valence-electron chi connectivity index (χ3n) is 2.89. The maximum atomic E-state index is 11.6. The molecule has 0 saturated heterocycles. The van der Waals surface area contributed by atoms with Crippen molar-refractivity contribution in [3.05, 3.63) is 24.2 Å². The minimum Gasteiger partial charge on any atom is -0.480 e. The SMILES string of the molecule is CCCC[C@H](NC(=O)CNC(=O)NCc1ccco1)C(=O)O. The molecule has 22 heavy (non-hydrogen) atoms. The Hall–Kier alpha value is -2.51. The molecule has 0 saturated carbocycles. The van der Waals surface area contributed by atoms with Gasteiger partial charge in [0, 0.05) is 0 Å². The van der Waals surface area contributed by atoms with Crippen molar-refractivity contribution in [3.63, 3.8) is 0 Å². The lowest BCUT2D eigenvalue weighted by Crippen LogP contribution is -2.47. The number of unbranched alkanes of at least 4 members (excludes halogenated alkanes) is 1. The van der Waals surface area contributed by atoms with Gasteiger partial charge in [0.15, 0.2) is 0 Å². The molecule has 4 N–H and O–H groups in total. The monoisotopic (exact) mass is 311 g/mol. The summed E-state index contributed by atoms with van der Waals surface area (Å²) < 4.78 is 5.04. The van der Waals surface area contributed by atoms with Crippen LogP contribution in [0.4, 0.5) is 4.79 Å². The number of nitrogens with one attached hydrogen (secondary N) is 3. The Bertz CT molecular complexity index is 487. The van der Waals surface area contributed by atoms with Crippen LogP contribution in [0.2, 0.25) is 0 Å². The largest absolute Gasteiger partial charge is 0.480 e. The number of urea groups is 1. The van der Waals surface area contributed by atoms with Crippen LogP contribution in [0.3, 0.4) is 0 Å². The number of carbonyl (C=O) groups is 3. The fourth-order valence-electron chi connectivity index (χ4n) is 1.71. The van der Waals surface area contributed by atoms with E-state index < -0.39 is 23.9 Å². The number of hydrogen-bond acceptors (Lipinski definition) is 4. The van der Waals surface area contributed by atoms with Gasteiger partial charge in [-0.25, -0.2) is 9.59 Å². The quantitative estimate of drug-likeness (QED) is 0.538. The first-order chi connectivity index (χ1) is 10.5.